The van der Waals surface area contributed by atoms with Crippen molar-refractivity contribution in [2.45, 2.75) is 76.6 Å². The van der Waals surface area contributed by atoms with Gasteiger partial charge in [0.25, 0.3) is 0 Å². The van der Waals surface area contributed by atoms with Gasteiger partial charge in [-0.2, -0.15) is 21.6 Å². The van der Waals surface area contributed by atoms with E-state index in [2.05, 4.69) is 10.8 Å². The fourth-order valence-electron chi connectivity index (χ4n) is 9.22. The molecule has 0 heterocycles. The number of halogens is 3. The van der Waals surface area contributed by atoms with Gasteiger partial charge in [-0.1, -0.05) is 12.2 Å². The second-order valence-corrected chi connectivity index (χ2v) is 13.4. The molecule has 35 heavy (non-hydrogen) atoms. The number of allylic oxidation sites excluding steroid dienone is 3. The lowest BCUT2D eigenvalue weighted by Gasteiger charge is -2.58. The van der Waals surface area contributed by atoms with Gasteiger partial charge in [0.15, 0.2) is 0 Å². The number of carboxylic acids is 1. The first-order valence-electron chi connectivity index (χ1n) is 12.9. The molecule has 0 aromatic carbocycles. The second-order valence-electron chi connectivity index (χ2n) is 11.8. The minimum absolute atomic E-state index is 0.0742. The molecule has 0 radical (unpaired) electrons. The summed E-state index contributed by atoms with van der Waals surface area (Å²) in [5.74, 6) is 1.97. The highest BCUT2D eigenvalue weighted by molar-refractivity contribution is 7.87. The molecular weight excluding hydrogens is 481 g/mol. The summed E-state index contributed by atoms with van der Waals surface area (Å²) in [7, 11) is -5.63. The normalized spacial score (nSPS) is 43.1. The van der Waals surface area contributed by atoms with Gasteiger partial charge in [0.2, 0.25) is 0 Å². The first-order valence-corrected chi connectivity index (χ1v) is 14.3. The number of hydrogen-bond acceptors (Lipinski definition) is 4. The van der Waals surface area contributed by atoms with Crippen molar-refractivity contribution in [1.29, 1.82) is 0 Å². The molecule has 0 aromatic rings. The number of carboxylic acid groups (broad SMARTS) is 1. The first kappa shape index (κ1) is 25.2. The van der Waals surface area contributed by atoms with E-state index in [0.717, 1.165) is 56.9 Å². The molecule has 0 amide bonds. The van der Waals surface area contributed by atoms with E-state index in [1.165, 1.54) is 0 Å². The van der Waals surface area contributed by atoms with Gasteiger partial charge in [-0.25, -0.2) is 0 Å². The average Bonchev–Trinajstić information content (AvgIpc) is 3.19. The van der Waals surface area contributed by atoms with E-state index in [0.29, 0.717) is 36.0 Å². The summed E-state index contributed by atoms with van der Waals surface area (Å²) in [5.41, 5.74) is -4.95. The van der Waals surface area contributed by atoms with Crippen molar-refractivity contribution < 1.29 is 35.7 Å². The van der Waals surface area contributed by atoms with Crippen LogP contribution < -0.4 is 0 Å². The maximum Gasteiger partial charge on any atom is 0.534 e. The molecule has 4 fully saturated rings. The smallest absolute Gasteiger partial charge is 0.481 e. The summed E-state index contributed by atoms with van der Waals surface area (Å²) in [6, 6.07) is 0. The predicted molar refractivity (Wildman–Crippen MR) is 123 cm³/mol. The Hall–Kier alpha value is -1.51. The highest BCUT2D eigenvalue weighted by Gasteiger charge is 2.62. The molecule has 0 aromatic heterocycles. The van der Waals surface area contributed by atoms with Gasteiger partial charge in [0.1, 0.15) is 5.76 Å². The first-order chi connectivity index (χ1) is 16.4. The van der Waals surface area contributed by atoms with Crippen LogP contribution in [0.25, 0.3) is 0 Å². The molecule has 9 atom stereocenters. The molecule has 0 spiro atoms. The van der Waals surface area contributed by atoms with E-state index in [4.69, 9.17) is 0 Å². The van der Waals surface area contributed by atoms with Crippen LogP contribution in [-0.4, -0.2) is 25.0 Å². The van der Waals surface area contributed by atoms with Crippen molar-refractivity contribution in [3.63, 3.8) is 0 Å². The van der Waals surface area contributed by atoms with Crippen molar-refractivity contribution in [2.75, 3.05) is 0 Å². The van der Waals surface area contributed by atoms with Gasteiger partial charge < -0.3 is 9.29 Å². The summed E-state index contributed by atoms with van der Waals surface area (Å²) < 4.78 is 65.7. The number of hydrogen-bond donors (Lipinski definition) is 1. The van der Waals surface area contributed by atoms with E-state index in [9.17, 15) is 31.5 Å². The zero-order valence-electron chi connectivity index (χ0n) is 20.1. The predicted octanol–water partition coefficient (Wildman–Crippen LogP) is 6.28. The summed E-state index contributed by atoms with van der Waals surface area (Å²) >= 11 is 0. The Morgan fingerprint density at radius 3 is 2.29 bits per heavy atom. The fraction of sp³-hybridized carbons (Fsp3) is 0.808. The molecule has 9 heteroatoms. The van der Waals surface area contributed by atoms with Gasteiger partial charge in [0.05, 0.1) is 5.41 Å². The van der Waals surface area contributed by atoms with Crippen LogP contribution in [0.1, 0.15) is 71.1 Å². The molecule has 5 rings (SSSR count). The zero-order chi connectivity index (χ0) is 25.3. The van der Waals surface area contributed by atoms with Gasteiger partial charge in [0, 0.05) is 6.42 Å². The summed E-state index contributed by atoms with van der Waals surface area (Å²) in [5, 5.41) is 10.3. The van der Waals surface area contributed by atoms with E-state index >= 15 is 0 Å². The third-order valence-corrected chi connectivity index (χ3v) is 11.5. The number of alkyl halides is 3. The number of rotatable bonds is 4. The van der Waals surface area contributed by atoms with Gasteiger partial charge >= 0.3 is 21.6 Å². The van der Waals surface area contributed by atoms with Crippen LogP contribution >= 0.6 is 0 Å². The Labute approximate surface area is 205 Å². The maximum absolute atomic E-state index is 12.8. The van der Waals surface area contributed by atoms with Crippen molar-refractivity contribution >= 4 is 16.1 Å². The molecule has 0 bridgehead atoms. The minimum atomic E-state index is -5.63. The number of fused-ring (bicyclic) bond motifs is 7. The molecule has 1 N–H and O–H groups in total. The topological polar surface area (TPSA) is 80.7 Å². The van der Waals surface area contributed by atoms with E-state index < -0.39 is 27.0 Å². The highest BCUT2D eigenvalue weighted by Crippen LogP contribution is 2.66. The van der Waals surface area contributed by atoms with E-state index in [1.807, 2.05) is 6.92 Å². The Bertz CT molecular complexity index is 1030. The SMILES string of the molecule is C=C(C)C1CCC2(C(=O)O)CCC3C4CCC5CC(OS(=O)(=O)C(F)(F)F)=CCC5C4CCC3C12. The monoisotopic (exact) mass is 516 g/mol. The molecule has 0 aliphatic heterocycles. The second kappa shape index (κ2) is 8.52. The molecule has 5 nitrogen and oxygen atoms in total. The Morgan fingerprint density at radius 1 is 1.03 bits per heavy atom. The largest absolute Gasteiger partial charge is 0.534 e. The van der Waals surface area contributed by atoms with Gasteiger partial charge in [-0.15, -0.1) is 0 Å². The molecule has 196 valence electrons. The fourth-order valence-corrected chi connectivity index (χ4v) is 9.73. The minimum Gasteiger partial charge on any atom is -0.481 e. The molecule has 9 unspecified atom stereocenters. The van der Waals surface area contributed by atoms with E-state index in [-0.39, 0.29) is 29.9 Å². The Kier molecular flexibility index (Phi) is 6.12. The number of aliphatic carboxylic acids is 1. The molecule has 5 aliphatic carbocycles. The Morgan fingerprint density at radius 2 is 1.63 bits per heavy atom. The molecule has 4 saturated carbocycles. The molecule has 5 aliphatic rings. The van der Waals surface area contributed by atoms with Crippen LogP contribution in [0, 0.1) is 52.8 Å². The summed E-state index contributed by atoms with van der Waals surface area (Å²) in [6.45, 7) is 6.25. The third kappa shape index (κ3) is 3.95. The van der Waals surface area contributed by atoms with Crippen LogP contribution in [-0.2, 0) is 19.1 Å². The zero-order valence-corrected chi connectivity index (χ0v) is 20.9. The third-order valence-electron chi connectivity index (χ3n) is 10.5. The van der Waals surface area contributed by atoms with Crippen molar-refractivity contribution in [3.05, 3.63) is 24.0 Å². The van der Waals surface area contributed by atoms with Gasteiger partial charge in [-0.05, 0) is 118 Å². The maximum atomic E-state index is 12.8. The summed E-state index contributed by atoms with van der Waals surface area (Å²) in [4.78, 5) is 12.5. The lowest BCUT2D eigenvalue weighted by atomic mass is 9.46. The average molecular weight is 517 g/mol. The molecular formula is C26H35F3O5S. The lowest BCUT2D eigenvalue weighted by Crippen LogP contribution is -2.53. The Balaban J connectivity index is 1.34. The van der Waals surface area contributed by atoms with Crippen LogP contribution in [0.3, 0.4) is 0 Å². The van der Waals surface area contributed by atoms with E-state index in [1.54, 1.807) is 6.08 Å². The van der Waals surface area contributed by atoms with Crippen LogP contribution in [0.4, 0.5) is 13.2 Å². The molecule has 0 saturated heterocycles. The van der Waals surface area contributed by atoms with Crippen molar-refractivity contribution in [1.82, 2.24) is 0 Å². The van der Waals surface area contributed by atoms with Crippen molar-refractivity contribution in [3.8, 4) is 0 Å². The summed E-state index contributed by atoms with van der Waals surface area (Å²) in [6.07, 6.45) is 9.46. The highest BCUT2D eigenvalue weighted by atomic mass is 32.2. The van der Waals surface area contributed by atoms with Crippen molar-refractivity contribution in [2.24, 2.45) is 52.8 Å². The quantitative estimate of drug-likeness (QED) is 0.270. The standard InChI is InChI=1S/C26H35F3O5S/c1-14(2)17-9-11-25(24(30)31)12-10-21-20-5-3-15-13-16(34-35(32,33)26(27,28)29)4-6-18(15)19(20)7-8-22(21)23(17)25/h4,15,17-23H,1,3,5-13H2,2H3,(H,30,31). The van der Waals surface area contributed by atoms with Gasteiger partial charge in [-0.3, -0.25) is 4.79 Å². The van der Waals surface area contributed by atoms with Crippen LogP contribution in [0.2, 0.25) is 0 Å². The number of carbonyl (C=O) groups is 1. The van der Waals surface area contributed by atoms with Crippen LogP contribution in [0.15, 0.2) is 24.0 Å². The van der Waals surface area contributed by atoms with Crippen LogP contribution in [0.5, 0.6) is 0 Å². The lowest BCUT2D eigenvalue weighted by molar-refractivity contribution is -0.163.